The molecule has 1 aliphatic heterocycles. The van der Waals surface area contributed by atoms with Gasteiger partial charge in [-0.2, -0.15) is 23.5 Å². The fourth-order valence-electron chi connectivity index (χ4n) is 5.50. The third-order valence-electron chi connectivity index (χ3n) is 7.57. The van der Waals surface area contributed by atoms with Gasteiger partial charge in [0.15, 0.2) is 6.19 Å². The van der Waals surface area contributed by atoms with Crippen LogP contribution in [0.2, 0.25) is 0 Å². The van der Waals surface area contributed by atoms with Gasteiger partial charge in [0.1, 0.15) is 17.7 Å². The van der Waals surface area contributed by atoms with E-state index in [9.17, 15) is 32.4 Å². The van der Waals surface area contributed by atoms with Gasteiger partial charge in [0, 0.05) is 23.6 Å². The Labute approximate surface area is 250 Å². The highest BCUT2D eigenvalue weighted by molar-refractivity contribution is 6.05. The topological polar surface area (TPSA) is 103 Å². The monoisotopic (exact) mass is 604 g/mol. The van der Waals surface area contributed by atoms with Crippen LogP contribution in [0.25, 0.3) is 5.69 Å². The first-order valence-electron chi connectivity index (χ1n) is 13.8. The maximum Gasteiger partial charge on any atom is 0.416 e. The molecular weight excluding hydrogens is 576 g/mol. The molecule has 1 aliphatic rings. The molecule has 2 amide bonds. The number of anilines is 1. The minimum atomic E-state index is -4.68. The van der Waals surface area contributed by atoms with Gasteiger partial charge in [-0.1, -0.05) is 36.4 Å². The number of hydrogen-bond acceptors (Lipinski definition) is 5. The van der Waals surface area contributed by atoms with Gasteiger partial charge in [-0.25, -0.2) is 9.07 Å². The number of aromatic nitrogens is 2. The van der Waals surface area contributed by atoms with Crippen molar-refractivity contribution in [1.29, 1.82) is 5.26 Å². The molecule has 0 saturated carbocycles. The van der Waals surface area contributed by atoms with Crippen LogP contribution in [0, 0.1) is 17.3 Å². The van der Waals surface area contributed by atoms with E-state index in [2.05, 4.69) is 10.6 Å². The van der Waals surface area contributed by atoms with E-state index in [1.807, 2.05) is 12.3 Å². The largest absolute Gasteiger partial charge is 0.416 e. The van der Waals surface area contributed by atoms with Crippen LogP contribution in [-0.2, 0) is 16.5 Å². The Morgan fingerprint density at radius 1 is 1.02 bits per heavy atom. The van der Waals surface area contributed by atoms with Crippen LogP contribution >= 0.6 is 0 Å². The lowest BCUT2D eigenvalue weighted by molar-refractivity contribution is -0.137. The average Bonchev–Trinajstić information content (AvgIpc) is 3.39. The van der Waals surface area contributed by atoms with Crippen LogP contribution < -0.4 is 15.5 Å². The normalized spacial score (nSPS) is 16.7. The van der Waals surface area contributed by atoms with E-state index in [1.165, 1.54) is 35.2 Å². The predicted molar refractivity (Wildman–Crippen MR) is 154 cm³/mol. The molecule has 0 aliphatic carbocycles. The minimum Gasteiger partial charge on any atom is -0.339 e. The summed E-state index contributed by atoms with van der Waals surface area (Å²) in [7, 11) is 0. The van der Waals surface area contributed by atoms with Crippen molar-refractivity contribution < 1.29 is 27.2 Å². The molecule has 3 aromatic carbocycles. The summed E-state index contributed by atoms with van der Waals surface area (Å²) in [6.45, 7) is 5.37. The number of hydrogen-bond donors (Lipinski definition) is 2. The number of carbonyl (C=O) groups is 2. The molecule has 12 heteroatoms. The summed E-state index contributed by atoms with van der Waals surface area (Å²) in [4.78, 5) is 29.2. The Kier molecular flexibility index (Phi) is 7.90. The summed E-state index contributed by atoms with van der Waals surface area (Å²) in [6, 6.07) is 17.0. The number of amides is 2. The van der Waals surface area contributed by atoms with Crippen molar-refractivity contribution in [3.63, 3.8) is 0 Å². The third kappa shape index (κ3) is 5.48. The minimum absolute atomic E-state index is 0.155. The van der Waals surface area contributed by atoms with Crippen LogP contribution in [-0.4, -0.2) is 34.2 Å². The number of benzene rings is 3. The smallest absolute Gasteiger partial charge is 0.339 e. The van der Waals surface area contributed by atoms with Gasteiger partial charge >= 0.3 is 6.18 Å². The highest BCUT2D eigenvalue weighted by atomic mass is 19.4. The lowest BCUT2D eigenvalue weighted by atomic mass is 9.78. The first kappa shape index (κ1) is 30.3. The van der Waals surface area contributed by atoms with Crippen molar-refractivity contribution in [3.8, 4) is 11.9 Å². The summed E-state index contributed by atoms with van der Waals surface area (Å²) in [5, 5.41) is 19.9. The highest BCUT2D eigenvalue weighted by Gasteiger charge is 2.48. The Bertz CT molecular complexity index is 1740. The number of alkyl halides is 3. The van der Waals surface area contributed by atoms with E-state index in [0.29, 0.717) is 28.3 Å². The maximum absolute atomic E-state index is 14.3. The third-order valence-corrected chi connectivity index (χ3v) is 7.57. The zero-order valence-electron chi connectivity index (χ0n) is 24.0. The maximum atomic E-state index is 14.3. The summed E-state index contributed by atoms with van der Waals surface area (Å²) in [5.41, 5.74) is -0.423. The van der Waals surface area contributed by atoms with Crippen molar-refractivity contribution in [3.05, 3.63) is 113 Å². The number of nitrogens with zero attached hydrogens (tertiary/aromatic N) is 4. The van der Waals surface area contributed by atoms with Gasteiger partial charge in [-0.15, -0.1) is 0 Å². The Morgan fingerprint density at radius 2 is 1.70 bits per heavy atom. The van der Waals surface area contributed by atoms with Crippen LogP contribution in [0.4, 0.5) is 23.4 Å². The standard InChI is InChI=1S/C32H28F4N6O2/c1-4-41-29-25(27(31(2,3)38-18-37)40-42(29)23-11-6-5-7-12-23)24(19-13-15-22(33)16-14-19)26(30(41)44)39-28(43)20-9-8-10-21(17-20)32(34,35)36/h5-17,24,26,38H,4H2,1-3H3,(H,39,43)/t24-,26-/m0/s1. The van der Waals surface area contributed by atoms with Gasteiger partial charge in [0.05, 0.1) is 22.5 Å². The zero-order chi connectivity index (χ0) is 31.8. The van der Waals surface area contributed by atoms with Crippen LogP contribution in [0.5, 0.6) is 0 Å². The quantitative estimate of drug-likeness (QED) is 0.162. The molecule has 0 saturated heterocycles. The van der Waals surface area contributed by atoms with Gasteiger partial charge in [0.2, 0.25) is 0 Å². The average molecular weight is 605 g/mol. The van der Waals surface area contributed by atoms with Crippen molar-refractivity contribution in [2.24, 2.45) is 0 Å². The van der Waals surface area contributed by atoms with Crippen LogP contribution in [0.3, 0.4) is 0 Å². The number of rotatable bonds is 7. The SMILES string of the molecule is CCN1C(=O)[C@@H](NC(=O)c2cccc(C(F)(F)F)c2)[C@@H](c2ccc(F)cc2)c2c(C(C)(C)NC#N)nn(-c3ccccc3)c21. The van der Waals surface area contributed by atoms with E-state index in [1.54, 1.807) is 49.7 Å². The van der Waals surface area contributed by atoms with Crippen molar-refractivity contribution in [2.45, 2.75) is 44.4 Å². The Balaban J connectivity index is 1.75. The summed E-state index contributed by atoms with van der Waals surface area (Å²) in [5.74, 6) is -2.52. The number of carbonyl (C=O) groups excluding carboxylic acids is 2. The number of fused-ring (bicyclic) bond motifs is 1. The molecule has 8 nitrogen and oxygen atoms in total. The lowest BCUT2D eigenvalue weighted by Gasteiger charge is -2.39. The number of para-hydroxylation sites is 1. The fraction of sp³-hybridized carbons (Fsp3) is 0.250. The van der Waals surface area contributed by atoms with E-state index in [0.717, 1.165) is 18.2 Å². The summed E-state index contributed by atoms with van der Waals surface area (Å²) < 4.78 is 56.0. The molecule has 2 atom stereocenters. The number of halogens is 4. The fourth-order valence-corrected chi connectivity index (χ4v) is 5.50. The van der Waals surface area contributed by atoms with E-state index >= 15 is 0 Å². The van der Waals surface area contributed by atoms with Crippen molar-refractivity contribution in [2.75, 3.05) is 11.4 Å². The van der Waals surface area contributed by atoms with Crippen molar-refractivity contribution in [1.82, 2.24) is 20.4 Å². The molecular formula is C32H28F4N6O2. The number of nitriles is 1. The van der Waals surface area contributed by atoms with Gasteiger partial charge in [-0.3, -0.25) is 14.5 Å². The molecule has 0 unspecified atom stereocenters. The molecule has 0 bridgehead atoms. The molecule has 2 N–H and O–H groups in total. The van der Waals surface area contributed by atoms with Gasteiger partial charge in [-0.05, 0) is 68.8 Å². The molecule has 44 heavy (non-hydrogen) atoms. The number of likely N-dealkylation sites (N-methyl/N-ethyl adjacent to an activating group) is 1. The zero-order valence-corrected chi connectivity index (χ0v) is 24.0. The molecule has 5 rings (SSSR count). The summed E-state index contributed by atoms with van der Waals surface area (Å²) in [6.07, 6.45) is -2.73. The molecule has 0 fully saturated rings. The molecule has 0 spiro atoms. The van der Waals surface area contributed by atoms with E-state index in [4.69, 9.17) is 5.10 Å². The first-order chi connectivity index (χ1) is 20.9. The molecule has 2 heterocycles. The molecule has 4 aromatic rings. The van der Waals surface area contributed by atoms with E-state index < -0.39 is 46.9 Å². The molecule has 0 radical (unpaired) electrons. The van der Waals surface area contributed by atoms with Crippen molar-refractivity contribution >= 4 is 17.6 Å². The second-order valence-corrected chi connectivity index (χ2v) is 10.8. The number of nitrogens with one attached hydrogen (secondary N) is 2. The first-order valence-corrected chi connectivity index (χ1v) is 13.8. The van der Waals surface area contributed by atoms with Gasteiger partial charge < -0.3 is 10.6 Å². The summed E-state index contributed by atoms with van der Waals surface area (Å²) >= 11 is 0. The lowest BCUT2D eigenvalue weighted by Crippen LogP contribution is -2.56. The molecule has 1 aromatic heterocycles. The van der Waals surface area contributed by atoms with E-state index in [-0.39, 0.29) is 12.1 Å². The van der Waals surface area contributed by atoms with Crippen LogP contribution in [0.1, 0.15) is 59.4 Å². The second kappa shape index (κ2) is 11.5. The Hall–Kier alpha value is -5.18. The second-order valence-electron chi connectivity index (χ2n) is 10.8. The van der Waals surface area contributed by atoms with Gasteiger partial charge in [0.25, 0.3) is 11.8 Å². The predicted octanol–water partition coefficient (Wildman–Crippen LogP) is 5.63. The highest BCUT2D eigenvalue weighted by Crippen LogP contribution is 2.46. The Morgan fingerprint density at radius 3 is 2.32 bits per heavy atom. The van der Waals surface area contributed by atoms with Crippen LogP contribution in [0.15, 0.2) is 78.9 Å². The molecule has 226 valence electrons.